The predicted molar refractivity (Wildman–Crippen MR) is 132 cm³/mol. The molecule has 0 saturated carbocycles. The molecule has 3 rings (SSSR count). The normalized spacial score (nSPS) is 15.2. The molecule has 1 aliphatic heterocycles. The lowest BCUT2D eigenvalue weighted by molar-refractivity contribution is -0.126. The minimum Gasteiger partial charge on any atom is -0.490 e. The molecule has 2 aromatic rings. The van der Waals surface area contributed by atoms with Crippen LogP contribution < -0.4 is 14.8 Å². The standard InChI is InChI=1S/C24H31BrN2O5S/c1-3-31-22-10-7-19(15-23(22)32-4-2)16-26-24(28)20-11-13-27(14-12-20)33(29,30)17-18-5-8-21(25)9-6-18/h5-10,15,20H,3-4,11-14,16-17H2,1-2H3,(H,26,28). The smallest absolute Gasteiger partial charge is 0.223 e. The molecule has 0 radical (unpaired) electrons. The van der Waals surface area contributed by atoms with E-state index in [0.29, 0.717) is 57.2 Å². The number of hydrogen-bond acceptors (Lipinski definition) is 5. The van der Waals surface area contributed by atoms with Crippen LogP contribution in [-0.4, -0.2) is 44.9 Å². The van der Waals surface area contributed by atoms with Crippen LogP contribution in [0.5, 0.6) is 11.5 Å². The summed E-state index contributed by atoms with van der Waals surface area (Å²) < 4.78 is 39.2. The first kappa shape index (κ1) is 25.5. The van der Waals surface area contributed by atoms with Crippen molar-refractivity contribution in [1.29, 1.82) is 0 Å². The van der Waals surface area contributed by atoms with E-state index in [1.807, 2.05) is 44.2 Å². The van der Waals surface area contributed by atoms with Crippen molar-refractivity contribution in [2.24, 2.45) is 5.92 Å². The second-order valence-corrected chi connectivity index (χ2v) is 10.8. The minimum absolute atomic E-state index is 0.0307. The minimum atomic E-state index is -3.41. The molecule has 0 aliphatic carbocycles. The van der Waals surface area contributed by atoms with Gasteiger partial charge in [-0.25, -0.2) is 12.7 Å². The molecule has 33 heavy (non-hydrogen) atoms. The summed E-state index contributed by atoms with van der Waals surface area (Å²) in [6.45, 7) is 6.00. The van der Waals surface area contributed by atoms with Gasteiger partial charge in [-0.3, -0.25) is 4.79 Å². The average Bonchev–Trinajstić information content (AvgIpc) is 2.81. The third kappa shape index (κ3) is 7.19. The van der Waals surface area contributed by atoms with Crippen molar-refractivity contribution in [1.82, 2.24) is 9.62 Å². The van der Waals surface area contributed by atoms with Crippen LogP contribution in [0.2, 0.25) is 0 Å². The van der Waals surface area contributed by atoms with Crippen LogP contribution in [0.4, 0.5) is 0 Å². The summed E-state index contributed by atoms with van der Waals surface area (Å²) in [5.41, 5.74) is 1.67. The number of nitrogens with zero attached hydrogens (tertiary/aromatic N) is 1. The quantitative estimate of drug-likeness (QED) is 0.492. The van der Waals surface area contributed by atoms with E-state index < -0.39 is 10.0 Å². The Hall–Kier alpha value is -2.10. The molecule has 0 aromatic heterocycles. The van der Waals surface area contributed by atoms with Crippen molar-refractivity contribution in [3.05, 3.63) is 58.1 Å². The van der Waals surface area contributed by atoms with Crippen LogP contribution in [0.3, 0.4) is 0 Å². The Morgan fingerprint density at radius 3 is 2.24 bits per heavy atom. The Morgan fingerprint density at radius 1 is 1.00 bits per heavy atom. The van der Waals surface area contributed by atoms with Crippen molar-refractivity contribution >= 4 is 31.9 Å². The van der Waals surface area contributed by atoms with Crippen LogP contribution in [-0.2, 0) is 27.1 Å². The van der Waals surface area contributed by atoms with E-state index >= 15 is 0 Å². The van der Waals surface area contributed by atoms with Crippen LogP contribution in [0.1, 0.15) is 37.8 Å². The van der Waals surface area contributed by atoms with Crippen molar-refractivity contribution in [3.8, 4) is 11.5 Å². The van der Waals surface area contributed by atoms with Gasteiger partial charge in [-0.1, -0.05) is 34.1 Å². The molecule has 1 saturated heterocycles. The Balaban J connectivity index is 1.51. The number of amides is 1. The number of ether oxygens (including phenoxy) is 2. The monoisotopic (exact) mass is 538 g/mol. The fourth-order valence-corrected chi connectivity index (χ4v) is 5.65. The fourth-order valence-electron chi connectivity index (χ4n) is 3.82. The molecule has 180 valence electrons. The van der Waals surface area contributed by atoms with Crippen molar-refractivity contribution in [2.45, 2.75) is 39.0 Å². The number of sulfonamides is 1. The molecule has 1 fully saturated rings. The van der Waals surface area contributed by atoms with Crippen molar-refractivity contribution in [3.63, 3.8) is 0 Å². The maximum absolute atomic E-state index is 12.8. The summed E-state index contributed by atoms with van der Waals surface area (Å²) in [7, 11) is -3.41. The zero-order valence-electron chi connectivity index (χ0n) is 19.1. The number of hydrogen-bond donors (Lipinski definition) is 1. The van der Waals surface area contributed by atoms with Gasteiger partial charge < -0.3 is 14.8 Å². The molecule has 0 spiro atoms. The molecule has 1 aliphatic rings. The van der Waals surface area contributed by atoms with Crippen LogP contribution in [0, 0.1) is 5.92 Å². The average molecular weight is 539 g/mol. The van der Waals surface area contributed by atoms with Gasteiger partial charge in [0.05, 0.1) is 19.0 Å². The Kier molecular flexibility index (Phi) is 9.17. The number of piperidine rings is 1. The Labute approximate surface area is 204 Å². The number of halogens is 1. The highest BCUT2D eigenvalue weighted by atomic mass is 79.9. The van der Waals surface area contributed by atoms with Gasteiger partial charge in [0.1, 0.15) is 0 Å². The lowest BCUT2D eigenvalue weighted by Crippen LogP contribution is -2.43. The second kappa shape index (κ2) is 11.9. The zero-order valence-corrected chi connectivity index (χ0v) is 21.5. The number of nitrogens with one attached hydrogen (secondary N) is 1. The van der Waals surface area contributed by atoms with Crippen LogP contribution >= 0.6 is 15.9 Å². The van der Waals surface area contributed by atoms with Gasteiger partial charge in [0, 0.05) is 30.0 Å². The highest BCUT2D eigenvalue weighted by molar-refractivity contribution is 9.10. The van der Waals surface area contributed by atoms with Gasteiger partial charge in [-0.2, -0.15) is 0 Å². The molecular weight excluding hydrogens is 508 g/mol. The van der Waals surface area contributed by atoms with E-state index in [1.54, 1.807) is 12.1 Å². The van der Waals surface area contributed by atoms with E-state index in [2.05, 4.69) is 21.2 Å². The van der Waals surface area contributed by atoms with Crippen LogP contribution in [0.15, 0.2) is 46.9 Å². The number of carbonyl (C=O) groups is 1. The number of benzene rings is 2. The molecule has 1 heterocycles. The van der Waals surface area contributed by atoms with E-state index in [9.17, 15) is 13.2 Å². The van der Waals surface area contributed by atoms with E-state index in [4.69, 9.17) is 9.47 Å². The fraction of sp³-hybridized carbons (Fsp3) is 0.458. The Bertz CT molecular complexity index is 1040. The first-order valence-corrected chi connectivity index (χ1v) is 13.6. The summed E-state index contributed by atoms with van der Waals surface area (Å²) in [5, 5.41) is 2.98. The van der Waals surface area contributed by atoms with Gasteiger partial charge in [-0.05, 0) is 62.1 Å². The SMILES string of the molecule is CCOc1ccc(CNC(=O)C2CCN(S(=O)(=O)Cc3ccc(Br)cc3)CC2)cc1OCC. The lowest BCUT2D eigenvalue weighted by atomic mass is 9.97. The zero-order chi connectivity index (χ0) is 23.8. The van der Waals surface area contributed by atoms with Gasteiger partial charge in [0.2, 0.25) is 15.9 Å². The van der Waals surface area contributed by atoms with E-state index in [1.165, 1.54) is 4.31 Å². The molecule has 0 atom stereocenters. The summed E-state index contributed by atoms with van der Waals surface area (Å²) in [4.78, 5) is 12.7. The second-order valence-electron chi connectivity index (χ2n) is 7.92. The summed E-state index contributed by atoms with van der Waals surface area (Å²) >= 11 is 3.36. The molecule has 0 unspecified atom stereocenters. The largest absolute Gasteiger partial charge is 0.490 e. The predicted octanol–water partition coefficient (Wildman–Crippen LogP) is 4.10. The van der Waals surface area contributed by atoms with E-state index in [-0.39, 0.29) is 17.6 Å². The van der Waals surface area contributed by atoms with E-state index in [0.717, 1.165) is 15.6 Å². The first-order valence-electron chi connectivity index (χ1n) is 11.2. The van der Waals surface area contributed by atoms with Crippen LogP contribution in [0.25, 0.3) is 0 Å². The molecular formula is C24H31BrN2O5S. The molecule has 1 N–H and O–H groups in total. The summed E-state index contributed by atoms with van der Waals surface area (Å²) in [6.07, 6.45) is 1.03. The molecule has 0 bridgehead atoms. The number of carbonyl (C=O) groups excluding carboxylic acids is 1. The van der Waals surface area contributed by atoms with Gasteiger partial charge in [0.25, 0.3) is 0 Å². The Morgan fingerprint density at radius 2 is 1.61 bits per heavy atom. The summed E-state index contributed by atoms with van der Waals surface area (Å²) in [5.74, 6) is 1.07. The molecule has 9 heteroatoms. The number of rotatable bonds is 10. The van der Waals surface area contributed by atoms with Gasteiger partial charge >= 0.3 is 0 Å². The third-order valence-corrected chi connectivity index (χ3v) is 7.93. The topological polar surface area (TPSA) is 84.9 Å². The third-order valence-electron chi connectivity index (χ3n) is 5.55. The molecule has 7 nitrogen and oxygen atoms in total. The maximum Gasteiger partial charge on any atom is 0.223 e. The lowest BCUT2D eigenvalue weighted by Gasteiger charge is -2.30. The van der Waals surface area contributed by atoms with Gasteiger partial charge in [0.15, 0.2) is 11.5 Å². The molecule has 1 amide bonds. The van der Waals surface area contributed by atoms with Crippen molar-refractivity contribution in [2.75, 3.05) is 26.3 Å². The van der Waals surface area contributed by atoms with Crippen molar-refractivity contribution < 1.29 is 22.7 Å². The highest BCUT2D eigenvalue weighted by Crippen LogP contribution is 2.29. The first-order chi connectivity index (χ1) is 15.8. The maximum atomic E-state index is 12.8. The molecule has 2 aromatic carbocycles. The van der Waals surface area contributed by atoms with Gasteiger partial charge in [-0.15, -0.1) is 0 Å². The highest BCUT2D eigenvalue weighted by Gasteiger charge is 2.31. The summed E-state index contributed by atoms with van der Waals surface area (Å²) in [6, 6.07) is 12.9.